The molecule has 0 saturated heterocycles. The SMILES string of the molecule is Cc1ccc(/C=C(\C#N)C(=O)Nc2cccc3ncccc23)c(C)c1. The van der Waals surface area contributed by atoms with Gasteiger partial charge in [0.2, 0.25) is 0 Å². The van der Waals surface area contributed by atoms with E-state index in [2.05, 4.69) is 10.3 Å². The van der Waals surface area contributed by atoms with Crippen LogP contribution in [-0.2, 0) is 4.79 Å². The summed E-state index contributed by atoms with van der Waals surface area (Å²) in [6, 6.07) is 17.1. The van der Waals surface area contributed by atoms with Crippen molar-refractivity contribution in [1.29, 1.82) is 5.26 Å². The molecule has 0 saturated carbocycles. The Morgan fingerprint density at radius 3 is 2.76 bits per heavy atom. The second-order valence-corrected chi connectivity index (χ2v) is 5.86. The fraction of sp³-hybridized carbons (Fsp3) is 0.0952. The first-order valence-corrected chi connectivity index (χ1v) is 7.92. The van der Waals surface area contributed by atoms with E-state index < -0.39 is 5.91 Å². The first-order valence-electron chi connectivity index (χ1n) is 7.92. The fourth-order valence-electron chi connectivity index (χ4n) is 2.69. The van der Waals surface area contributed by atoms with Gasteiger partial charge in [0.15, 0.2) is 0 Å². The summed E-state index contributed by atoms with van der Waals surface area (Å²) in [4.78, 5) is 16.8. The molecule has 1 aromatic heterocycles. The number of hydrogen-bond donors (Lipinski definition) is 1. The number of benzene rings is 2. The van der Waals surface area contributed by atoms with Gasteiger partial charge >= 0.3 is 0 Å². The monoisotopic (exact) mass is 327 g/mol. The molecule has 0 bridgehead atoms. The number of anilines is 1. The van der Waals surface area contributed by atoms with Crippen molar-refractivity contribution in [3.63, 3.8) is 0 Å². The highest BCUT2D eigenvalue weighted by Crippen LogP contribution is 2.22. The highest BCUT2D eigenvalue weighted by atomic mass is 16.1. The molecule has 2 aromatic carbocycles. The molecule has 0 radical (unpaired) electrons. The predicted octanol–water partition coefficient (Wildman–Crippen LogP) is 4.40. The Balaban J connectivity index is 1.93. The van der Waals surface area contributed by atoms with Gasteiger partial charge in [-0.25, -0.2) is 0 Å². The van der Waals surface area contributed by atoms with Crippen LogP contribution in [-0.4, -0.2) is 10.9 Å². The van der Waals surface area contributed by atoms with Crippen molar-refractivity contribution < 1.29 is 4.79 Å². The van der Waals surface area contributed by atoms with Crippen molar-refractivity contribution in [3.8, 4) is 6.07 Å². The molecule has 3 aromatic rings. The average Bonchev–Trinajstić information content (AvgIpc) is 2.61. The van der Waals surface area contributed by atoms with E-state index in [1.54, 1.807) is 18.3 Å². The van der Waals surface area contributed by atoms with E-state index in [0.717, 1.165) is 27.6 Å². The third-order valence-corrected chi connectivity index (χ3v) is 3.98. The molecule has 3 rings (SSSR count). The molecule has 25 heavy (non-hydrogen) atoms. The van der Waals surface area contributed by atoms with Gasteiger partial charge in [-0.15, -0.1) is 0 Å². The van der Waals surface area contributed by atoms with Crippen LogP contribution in [0.5, 0.6) is 0 Å². The topological polar surface area (TPSA) is 65.8 Å². The summed E-state index contributed by atoms with van der Waals surface area (Å²) in [6.07, 6.45) is 3.32. The van der Waals surface area contributed by atoms with Gasteiger partial charge in [0, 0.05) is 11.6 Å². The minimum Gasteiger partial charge on any atom is -0.321 e. The smallest absolute Gasteiger partial charge is 0.266 e. The van der Waals surface area contributed by atoms with Gasteiger partial charge in [-0.1, -0.05) is 29.8 Å². The normalized spacial score (nSPS) is 11.2. The Kier molecular flexibility index (Phi) is 4.58. The molecule has 4 nitrogen and oxygen atoms in total. The average molecular weight is 327 g/mol. The van der Waals surface area contributed by atoms with Crippen molar-refractivity contribution in [1.82, 2.24) is 4.98 Å². The van der Waals surface area contributed by atoms with Gasteiger partial charge in [-0.3, -0.25) is 9.78 Å². The van der Waals surface area contributed by atoms with Gasteiger partial charge in [0.25, 0.3) is 5.91 Å². The lowest BCUT2D eigenvalue weighted by molar-refractivity contribution is -0.112. The van der Waals surface area contributed by atoms with Crippen molar-refractivity contribution in [3.05, 3.63) is 77.0 Å². The number of carbonyl (C=O) groups is 1. The second-order valence-electron chi connectivity index (χ2n) is 5.86. The maximum atomic E-state index is 12.5. The van der Waals surface area contributed by atoms with Crippen molar-refractivity contribution in [2.75, 3.05) is 5.32 Å². The lowest BCUT2D eigenvalue weighted by Gasteiger charge is -2.08. The van der Waals surface area contributed by atoms with E-state index in [4.69, 9.17) is 0 Å². The molecule has 0 unspecified atom stereocenters. The molecular formula is C21H17N3O. The van der Waals surface area contributed by atoms with E-state index in [1.807, 2.05) is 62.4 Å². The minimum absolute atomic E-state index is 0.0628. The summed E-state index contributed by atoms with van der Waals surface area (Å²) >= 11 is 0. The van der Waals surface area contributed by atoms with E-state index >= 15 is 0 Å². The highest BCUT2D eigenvalue weighted by Gasteiger charge is 2.12. The van der Waals surface area contributed by atoms with Crippen LogP contribution < -0.4 is 5.32 Å². The summed E-state index contributed by atoms with van der Waals surface area (Å²) in [6.45, 7) is 3.97. The zero-order valence-corrected chi connectivity index (χ0v) is 14.1. The lowest BCUT2D eigenvalue weighted by atomic mass is 10.0. The Bertz CT molecular complexity index is 1020. The van der Waals surface area contributed by atoms with Crippen LogP contribution >= 0.6 is 0 Å². The molecule has 0 aliphatic heterocycles. The van der Waals surface area contributed by atoms with Crippen LogP contribution in [0.2, 0.25) is 0 Å². The second kappa shape index (κ2) is 6.98. The van der Waals surface area contributed by atoms with Crippen LogP contribution in [0.3, 0.4) is 0 Å². The zero-order valence-electron chi connectivity index (χ0n) is 14.1. The molecule has 1 N–H and O–H groups in total. The number of nitriles is 1. The van der Waals surface area contributed by atoms with Crippen molar-refractivity contribution in [2.45, 2.75) is 13.8 Å². The number of amides is 1. The third kappa shape index (κ3) is 3.56. The largest absolute Gasteiger partial charge is 0.321 e. The molecule has 1 amide bonds. The minimum atomic E-state index is -0.432. The number of nitrogens with zero attached hydrogens (tertiary/aromatic N) is 2. The number of hydrogen-bond acceptors (Lipinski definition) is 3. The van der Waals surface area contributed by atoms with Crippen molar-refractivity contribution in [2.24, 2.45) is 0 Å². The standard InChI is InChI=1S/C21H17N3O/c1-14-8-9-16(15(2)11-14)12-17(13-22)21(25)24-20-7-3-6-19-18(20)5-4-10-23-19/h3-12H,1-2H3,(H,24,25)/b17-12+. The number of pyridine rings is 1. The van der Waals surface area contributed by atoms with Gasteiger partial charge in [0.05, 0.1) is 11.2 Å². The lowest BCUT2D eigenvalue weighted by Crippen LogP contribution is -2.13. The Labute approximate surface area is 146 Å². The number of nitrogens with one attached hydrogen (secondary N) is 1. The maximum Gasteiger partial charge on any atom is 0.266 e. The Hall–Kier alpha value is -3.45. The van der Waals surface area contributed by atoms with Crippen LogP contribution in [0.4, 0.5) is 5.69 Å². The number of carbonyl (C=O) groups excluding carboxylic acids is 1. The van der Waals surface area contributed by atoms with E-state index in [-0.39, 0.29) is 5.57 Å². The van der Waals surface area contributed by atoms with Gasteiger partial charge < -0.3 is 5.32 Å². The summed E-state index contributed by atoms with van der Waals surface area (Å²) in [7, 11) is 0. The summed E-state index contributed by atoms with van der Waals surface area (Å²) in [5.74, 6) is -0.432. The molecule has 0 aliphatic rings. The fourth-order valence-corrected chi connectivity index (χ4v) is 2.69. The molecule has 122 valence electrons. The van der Waals surface area contributed by atoms with E-state index in [1.165, 1.54) is 0 Å². The van der Waals surface area contributed by atoms with Crippen LogP contribution in [0.15, 0.2) is 60.3 Å². The first kappa shape index (κ1) is 16.4. The number of aromatic nitrogens is 1. The van der Waals surface area contributed by atoms with Crippen LogP contribution in [0, 0.1) is 25.2 Å². The first-order chi connectivity index (χ1) is 12.1. The number of fused-ring (bicyclic) bond motifs is 1. The van der Waals surface area contributed by atoms with Gasteiger partial charge in [-0.2, -0.15) is 5.26 Å². The molecule has 0 atom stereocenters. The van der Waals surface area contributed by atoms with Crippen molar-refractivity contribution >= 4 is 28.6 Å². The van der Waals surface area contributed by atoms with E-state index in [9.17, 15) is 10.1 Å². The number of aryl methyl sites for hydroxylation is 2. The number of rotatable bonds is 3. The molecular weight excluding hydrogens is 310 g/mol. The van der Waals surface area contributed by atoms with Gasteiger partial charge in [0.1, 0.15) is 11.6 Å². The zero-order chi connectivity index (χ0) is 17.8. The molecule has 1 heterocycles. The highest BCUT2D eigenvalue weighted by molar-refractivity contribution is 6.12. The van der Waals surface area contributed by atoms with Crippen LogP contribution in [0.25, 0.3) is 17.0 Å². The summed E-state index contributed by atoms with van der Waals surface area (Å²) in [5, 5.41) is 13.1. The molecule has 4 heteroatoms. The molecule has 0 fully saturated rings. The summed E-state index contributed by atoms with van der Waals surface area (Å²) < 4.78 is 0. The molecule has 0 spiro atoms. The van der Waals surface area contributed by atoms with Crippen LogP contribution in [0.1, 0.15) is 16.7 Å². The quantitative estimate of drug-likeness (QED) is 0.573. The van der Waals surface area contributed by atoms with E-state index in [0.29, 0.717) is 5.69 Å². The Morgan fingerprint density at radius 2 is 2.00 bits per heavy atom. The maximum absolute atomic E-state index is 12.5. The van der Waals surface area contributed by atoms with Gasteiger partial charge in [-0.05, 0) is 55.3 Å². The third-order valence-electron chi connectivity index (χ3n) is 3.98. The summed E-state index contributed by atoms with van der Waals surface area (Å²) in [5.41, 5.74) is 4.51. The Morgan fingerprint density at radius 1 is 1.16 bits per heavy atom. The molecule has 0 aliphatic carbocycles. The predicted molar refractivity (Wildman–Crippen MR) is 99.9 cm³/mol.